The minimum absolute atomic E-state index is 0.479. The van der Waals surface area contributed by atoms with Gasteiger partial charge < -0.3 is 20.1 Å². The summed E-state index contributed by atoms with van der Waals surface area (Å²) < 4.78 is 6.08. The maximum Gasteiger partial charge on any atom is 0.330 e. The third-order valence-electron chi connectivity index (χ3n) is 3.12. The van der Waals surface area contributed by atoms with Gasteiger partial charge in [0.25, 0.3) is 5.56 Å². The van der Waals surface area contributed by atoms with E-state index in [4.69, 9.17) is 9.84 Å². The van der Waals surface area contributed by atoms with Crippen molar-refractivity contribution in [2.45, 2.75) is 24.5 Å². The van der Waals surface area contributed by atoms with Crippen LogP contribution < -0.4 is 11.2 Å². The highest BCUT2D eigenvalue weighted by molar-refractivity contribution is 4.92. The minimum Gasteiger partial charge on any atom is -0.394 e. The Balaban J connectivity index is 0.000000268. The van der Waals surface area contributed by atoms with Crippen molar-refractivity contribution in [3.63, 3.8) is 0 Å². The van der Waals surface area contributed by atoms with Crippen molar-refractivity contribution in [3.8, 4) is 0 Å². The van der Waals surface area contributed by atoms with Gasteiger partial charge in [0.15, 0.2) is 6.23 Å². The van der Waals surface area contributed by atoms with E-state index in [1.54, 1.807) is 18.5 Å². The Bertz CT molecular complexity index is 691. The van der Waals surface area contributed by atoms with Gasteiger partial charge in [-0.3, -0.25) is 14.3 Å². The van der Waals surface area contributed by atoms with Crippen LogP contribution in [0.3, 0.4) is 0 Å². The van der Waals surface area contributed by atoms with E-state index in [-0.39, 0.29) is 0 Å². The summed E-state index contributed by atoms with van der Waals surface area (Å²) in [5.41, 5.74) is -1.33. The number of aromatic nitrogens is 4. The van der Waals surface area contributed by atoms with Crippen LogP contribution in [-0.4, -0.2) is 59.8 Å². The van der Waals surface area contributed by atoms with Gasteiger partial charge in [-0.15, -0.1) is 0 Å². The van der Waals surface area contributed by atoms with Crippen molar-refractivity contribution in [2.75, 3.05) is 6.61 Å². The fourth-order valence-electron chi connectivity index (χ4n) is 1.99. The number of nitrogens with one attached hydrogen (secondary N) is 1. The number of hydrogen-bond donors (Lipinski definition) is 4. The number of nitrogens with zero attached hydrogens (tertiary/aromatic N) is 3. The molecule has 10 heteroatoms. The van der Waals surface area contributed by atoms with Crippen molar-refractivity contribution in [2.24, 2.45) is 0 Å². The molecule has 3 heterocycles. The monoisotopic (exact) mass is 324 g/mol. The molecule has 1 aliphatic heterocycles. The predicted octanol–water partition coefficient (Wildman–Crippen LogP) is -2.38. The van der Waals surface area contributed by atoms with E-state index in [1.165, 1.54) is 6.33 Å². The van der Waals surface area contributed by atoms with Crippen LogP contribution in [0.1, 0.15) is 6.23 Å². The molecule has 3 rings (SSSR count). The lowest BCUT2D eigenvalue weighted by Crippen LogP contribution is -2.37. The van der Waals surface area contributed by atoms with Crippen molar-refractivity contribution in [3.05, 3.63) is 57.9 Å². The van der Waals surface area contributed by atoms with Crippen molar-refractivity contribution in [1.29, 1.82) is 0 Å². The van der Waals surface area contributed by atoms with Gasteiger partial charge in [0, 0.05) is 24.7 Å². The molecule has 2 aromatic heterocycles. The van der Waals surface area contributed by atoms with Gasteiger partial charge in [0.1, 0.15) is 24.6 Å². The fraction of sp³-hybridized carbons (Fsp3) is 0.385. The zero-order valence-electron chi connectivity index (χ0n) is 11.9. The SMILES string of the molecule is O=c1ccn([C@@H]2O[C@H](CO)[C@@H](O)[C@H]2O)c(=O)[nH]1.c1cncnc1. The van der Waals surface area contributed by atoms with Crippen LogP contribution in [0.4, 0.5) is 0 Å². The Hall–Kier alpha value is -2.40. The molecule has 0 saturated carbocycles. The molecule has 1 saturated heterocycles. The average molecular weight is 324 g/mol. The number of rotatable bonds is 2. The van der Waals surface area contributed by atoms with Crippen LogP contribution in [0.5, 0.6) is 0 Å². The maximum atomic E-state index is 11.4. The molecule has 2 aromatic rings. The molecule has 23 heavy (non-hydrogen) atoms. The number of aromatic amines is 1. The Morgan fingerprint density at radius 2 is 1.91 bits per heavy atom. The molecule has 1 aliphatic rings. The zero-order valence-corrected chi connectivity index (χ0v) is 11.9. The first-order valence-corrected chi connectivity index (χ1v) is 6.68. The lowest BCUT2D eigenvalue weighted by atomic mass is 10.1. The quantitative estimate of drug-likeness (QED) is 0.478. The van der Waals surface area contributed by atoms with Crippen molar-refractivity contribution in [1.82, 2.24) is 19.5 Å². The number of aliphatic hydroxyl groups excluding tert-OH is 3. The third kappa shape index (κ3) is 4.07. The number of aliphatic hydroxyl groups is 3. The largest absolute Gasteiger partial charge is 0.394 e. The van der Waals surface area contributed by atoms with E-state index in [9.17, 15) is 19.8 Å². The van der Waals surface area contributed by atoms with Crippen LogP contribution >= 0.6 is 0 Å². The van der Waals surface area contributed by atoms with Crippen LogP contribution in [0, 0.1) is 0 Å². The van der Waals surface area contributed by atoms with Gasteiger partial charge in [-0.25, -0.2) is 14.8 Å². The molecule has 0 spiro atoms. The number of H-pyrrole nitrogens is 1. The van der Waals surface area contributed by atoms with Crippen LogP contribution in [0.15, 0.2) is 46.6 Å². The fourth-order valence-corrected chi connectivity index (χ4v) is 1.99. The molecule has 0 aromatic carbocycles. The Morgan fingerprint density at radius 1 is 1.22 bits per heavy atom. The second-order valence-electron chi connectivity index (χ2n) is 4.65. The van der Waals surface area contributed by atoms with E-state index in [0.717, 1.165) is 16.8 Å². The highest BCUT2D eigenvalue weighted by atomic mass is 16.6. The van der Waals surface area contributed by atoms with Crippen molar-refractivity contribution >= 4 is 0 Å². The average Bonchev–Trinajstić information content (AvgIpc) is 2.85. The molecule has 124 valence electrons. The smallest absolute Gasteiger partial charge is 0.330 e. The van der Waals surface area contributed by atoms with E-state index >= 15 is 0 Å². The molecule has 0 radical (unpaired) electrons. The predicted molar refractivity (Wildman–Crippen MR) is 76.4 cm³/mol. The van der Waals surface area contributed by atoms with Crippen LogP contribution in [-0.2, 0) is 4.74 Å². The van der Waals surface area contributed by atoms with Gasteiger partial charge >= 0.3 is 5.69 Å². The summed E-state index contributed by atoms with van der Waals surface area (Å²) in [5, 5.41) is 28.1. The molecular weight excluding hydrogens is 308 g/mol. The molecule has 0 unspecified atom stereocenters. The number of hydrogen-bond acceptors (Lipinski definition) is 8. The van der Waals surface area contributed by atoms with E-state index in [1.807, 2.05) is 4.98 Å². The molecule has 4 N–H and O–H groups in total. The Labute approximate surface area is 129 Å². The highest BCUT2D eigenvalue weighted by Crippen LogP contribution is 2.27. The van der Waals surface area contributed by atoms with E-state index < -0.39 is 42.4 Å². The summed E-state index contributed by atoms with van der Waals surface area (Å²) in [6.07, 6.45) is 1.29. The summed E-state index contributed by atoms with van der Waals surface area (Å²) in [6.45, 7) is -0.479. The van der Waals surface area contributed by atoms with E-state index in [2.05, 4.69) is 9.97 Å². The molecule has 0 bridgehead atoms. The van der Waals surface area contributed by atoms with Gasteiger partial charge in [0.2, 0.25) is 0 Å². The molecule has 0 aliphatic carbocycles. The Morgan fingerprint density at radius 3 is 2.35 bits per heavy atom. The second-order valence-corrected chi connectivity index (χ2v) is 4.65. The third-order valence-corrected chi connectivity index (χ3v) is 3.12. The topological polar surface area (TPSA) is 151 Å². The second kappa shape index (κ2) is 7.74. The van der Waals surface area contributed by atoms with Gasteiger partial charge in [-0.05, 0) is 6.07 Å². The van der Waals surface area contributed by atoms with Gasteiger partial charge in [-0.1, -0.05) is 0 Å². The first-order valence-electron chi connectivity index (χ1n) is 6.68. The lowest BCUT2D eigenvalue weighted by molar-refractivity contribution is -0.0550. The summed E-state index contributed by atoms with van der Waals surface area (Å²) in [6, 6.07) is 2.87. The maximum absolute atomic E-state index is 11.4. The van der Waals surface area contributed by atoms with Crippen LogP contribution in [0.2, 0.25) is 0 Å². The normalized spacial score (nSPS) is 26.4. The number of ether oxygens (including phenoxy) is 1. The molecule has 1 fully saturated rings. The standard InChI is InChI=1S/C9H12N2O6.C4H4N2/c12-3-4-6(14)7(15)8(17-4)11-2-1-5(13)10-9(11)16;1-2-5-4-6-3-1/h1-2,4,6-8,12,14-15H,3H2,(H,10,13,16);1-4H/t4-,6-,7-,8-;/m1./s1. The molecule has 0 amide bonds. The van der Waals surface area contributed by atoms with Gasteiger partial charge in [-0.2, -0.15) is 0 Å². The summed E-state index contributed by atoms with van der Waals surface area (Å²) in [4.78, 5) is 31.7. The first-order chi connectivity index (χ1) is 11.0. The zero-order chi connectivity index (χ0) is 16.8. The highest BCUT2D eigenvalue weighted by Gasteiger charge is 2.43. The summed E-state index contributed by atoms with van der Waals surface area (Å²) in [7, 11) is 0. The first kappa shape index (κ1) is 17.0. The molecule has 4 atom stereocenters. The molecular formula is C13H16N4O6. The van der Waals surface area contributed by atoms with Crippen LogP contribution in [0.25, 0.3) is 0 Å². The van der Waals surface area contributed by atoms with Crippen molar-refractivity contribution < 1.29 is 20.1 Å². The Kier molecular flexibility index (Phi) is 5.71. The summed E-state index contributed by atoms with van der Waals surface area (Å²) in [5.74, 6) is 0. The lowest BCUT2D eigenvalue weighted by Gasteiger charge is -2.16. The summed E-state index contributed by atoms with van der Waals surface area (Å²) >= 11 is 0. The molecule has 10 nitrogen and oxygen atoms in total. The van der Waals surface area contributed by atoms with Gasteiger partial charge in [0.05, 0.1) is 6.61 Å². The van der Waals surface area contributed by atoms with E-state index in [0.29, 0.717) is 0 Å². The minimum atomic E-state index is -1.35.